The third-order valence-electron chi connectivity index (χ3n) is 1.99. The van der Waals surface area contributed by atoms with E-state index in [1.54, 1.807) is 0 Å². The number of hydrogen-bond acceptors (Lipinski definition) is 2. The van der Waals surface area contributed by atoms with Gasteiger partial charge in [-0.05, 0) is 44.3 Å². The van der Waals surface area contributed by atoms with E-state index in [2.05, 4.69) is 60.0 Å². The molecule has 0 bridgehead atoms. The second-order valence-corrected chi connectivity index (χ2v) is 8.38. The van der Waals surface area contributed by atoms with Crippen LogP contribution in [0.5, 0.6) is 0 Å². The van der Waals surface area contributed by atoms with Gasteiger partial charge in [-0.15, -0.1) is 11.3 Å². The van der Waals surface area contributed by atoms with E-state index in [9.17, 15) is 4.79 Å². The lowest BCUT2D eigenvalue weighted by Gasteiger charge is -2.09. The molecule has 1 unspecified atom stereocenters. The Morgan fingerprint density at radius 3 is 2.75 bits per heavy atom. The third kappa shape index (κ3) is 4.47. The molecule has 6 heteroatoms. The number of alkyl halides is 1. The van der Waals surface area contributed by atoms with Crippen molar-refractivity contribution < 1.29 is 4.79 Å². The molecule has 1 rings (SSSR count). The van der Waals surface area contributed by atoms with Gasteiger partial charge in [0, 0.05) is 11.4 Å². The minimum Gasteiger partial charge on any atom is -0.351 e. The van der Waals surface area contributed by atoms with E-state index >= 15 is 0 Å². The van der Waals surface area contributed by atoms with Gasteiger partial charge in [0.2, 0.25) is 0 Å². The monoisotopic (exact) mass is 431 g/mol. The van der Waals surface area contributed by atoms with Crippen LogP contribution in [0.15, 0.2) is 13.6 Å². The molecule has 0 saturated carbocycles. The SMILES string of the molecule is CCCC(Br)CNC(=O)c1cc(Br)sc1Br. The minimum atomic E-state index is -0.0330. The maximum Gasteiger partial charge on any atom is 0.253 e. The van der Waals surface area contributed by atoms with Crippen LogP contribution < -0.4 is 5.32 Å². The molecule has 1 heterocycles. The fourth-order valence-electron chi connectivity index (χ4n) is 1.21. The Balaban J connectivity index is 2.50. The number of halogens is 3. The Morgan fingerprint density at radius 2 is 2.25 bits per heavy atom. The number of amides is 1. The first kappa shape index (κ1) is 14.7. The van der Waals surface area contributed by atoms with Gasteiger partial charge in [0.25, 0.3) is 5.91 Å². The average molecular weight is 434 g/mol. The zero-order valence-corrected chi connectivity index (χ0v) is 14.3. The maximum absolute atomic E-state index is 11.8. The molecular formula is C10H12Br3NOS. The molecule has 0 saturated heterocycles. The zero-order chi connectivity index (χ0) is 12.1. The quantitative estimate of drug-likeness (QED) is 0.677. The third-order valence-corrected chi connectivity index (χ3v) is 5.11. The number of thiophene rings is 1. The van der Waals surface area contributed by atoms with E-state index in [4.69, 9.17) is 0 Å². The molecule has 0 radical (unpaired) electrons. The molecule has 1 atom stereocenters. The fraction of sp³-hybridized carbons (Fsp3) is 0.500. The van der Waals surface area contributed by atoms with E-state index < -0.39 is 0 Å². The van der Waals surface area contributed by atoms with Crippen molar-refractivity contribution in [2.45, 2.75) is 24.6 Å². The van der Waals surface area contributed by atoms with E-state index in [0.29, 0.717) is 16.9 Å². The topological polar surface area (TPSA) is 29.1 Å². The van der Waals surface area contributed by atoms with Gasteiger partial charge >= 0.3 is 0 Å². The Morgan fingerprint density at radius 1 is 1.56 bits per heavy atom. The second kappa shape index (κ2) is 7.13. The van der Waals surface area contributed by atoms with Crippen molar-refractivity contribution in [3.8, 4) is 0 Å². The molecule has 1 aromatic rings. The van der Waals surface area contributed by atoms with Crippen molar-refractivity contribution >= 4 is 65.0 Å². The van der Waals surface area contributed by atoms with Crippen LogP contribution in [-0.2, 0) is 0 Å². The summed E-state index contributed by atoms with van der Waals surface area (Å²) in [5.74, 6) is -0.0330. The molecule has 0 spiro atoms. The number of nitrogens with one attached hydrogen (secondary N) is 1. The van der Waals surface area contributed by atoms with Gasteiger partial charge in [-0.3, -0.25) is 4.79 Å². The highest BCUT2D eigenvalue weighted by molar-refractivity contribution is 9.12. The van der Waals surface area contributed by atoms with Gasteiger partial charge in [0.1, 0.15) is 0 Å². The number of rotatable bonds is 5. The summed E-state index contributed by atoms with van der Waals surface area (Å²) in [6, 6.07) is 1.83. The zero-order valence-electron chi connectivity index (χ0n) is 8.73. The standard InChI is InChI=1S/C10H12Br3NOS/c1-2-3-6(11)5-14-10(15)7-4-8(12)16-9(7)13/h4,6H,2-3,5H2,1H3,(H,14,15). The van der Waals surface area contributed by atoms with Gasteiger partial charge in [-0.25, -0.2) is 0 Å². The lowest BCUT2D eigenvalue weighted by molar-refractivity contribution is 0.0953. The Kier molecular flexibility index (Phi) is 6.54. The largest absolute Gasteiger partial charge is 0.351 e. The van der Waals surface area contributed by atoms with Crippen molar-refractivity contribution in [3.05, 3.63) is 19.2 Å². The predicted octanol–water partition coefficient (Wildman–Crippen LogP) is 4.57. The van der Waals surface area contributed by atoms with E-state index in [-0.39, 0.29) is 5.91 Å². The van der Waals surface area contributed by atoms with Gasteiger partial charge in [0.05, 0.1) is 13.1 Å². The fourth-order valence-corrected chi connectivity index (χ4v) is 4.62. The number of carbonyl (C=O) groups is 1. The number of hydrogen-bond donors (Lipinski definition) is 1. The predicted molar refractivity (Wildman–Crippen MR) is 79.7 cm³/mol. The van der Waals surface area contributed by atoms with Crippen molar-refractivity contribution in [2.75, 3.05) is 6.54 Å². The highest BCUT2D eigenvalue weighted by Gasteiger charge is 2.14. The summed E-state index contributed by atoms with van der Waals surface area (Å²) in [5, 5.41) is 2.91. The highest BCUT2D eigenvalue weighted by atomic mass is 79.9. The van der Waals surface area contributed by atoms with Crippen molar-refractivity contribution in [3.63, 3.8) is 0 Å². The summed E-state index contributed by atoms with van der Waals surface area (Å²) in [7, 11) is 0. The summed E-state index contributed by atoms with van der Waals surface area (Å²) in [4.78, 5) is 12.2. The molecular weight excluding hydrogens is 422 g/mol. The summed E-state index contributed by atoms with van der Waals surface area (Å²) >= 11 is 11.8. The van der Waals surface area contributed by atoms with Crippen molar-refractivity contribution in [1.29, 1.82) is 0 Å². The highest BCUT2D eigenvalue weighted by Crippen LogP contribution is 2.31. The number of carbonyl (C=O) groups excluding carboxylic acids is 1. The molecule has 1 aromatic heterocycles. The van der Waals surface area contributed by atoms with Crippen LogP contribution in [0.1, 0.15) is 30.1 Å². The van der Waals surface area contributed by atoms with Crippen LogP contribution in [0.25, 0.3) is 0 Å². The molecule has 1 amide bonds. The molecule has 90 valence electrons. The van der Waals surface area contributed by atoms with Crippen LogP contribution in [-0.4, -0.2) is 17.3 Å². The van der Waals surface area contributed by atoms with Crippen LogP contribution in [0, 0.1) is 0 Å². The van der Waals surface area contributed by atoms with E-state index in [1.165, 1.54) is 11.3 Å². The van der Waals surface area contributed by atoms with Crippen LogP contribution >= 0.6 is 59.1 Å². The van der Waals surface area contributed by atoms with Crippen LogP contribution in [0.3, 0.4) is 0 Å². The molecule has 0 aliphatic rings. The molecule has 0 fully saturated rings. The van der Waals surface area contributed by atoms with Gasteiger partial charge in [-0.2, -0.15) is 0 Å². The molecule has 1 N–H and O–H groups in total. The van der Waals surface area contributed by atoms with Crippen LogP contribution in [0.4, 0.5) is 0 Å². The summed E-state index contributed by atoms with van der Waals surface area (Å²) in [6.07, 6.45) is 2.17. The minimum absolute atomic E-state index is 0.0330. The van der Waals surface area contributed by atoms with E-state index in [0.717, 1.165) is 20.4 Å². The van der Waals surface area contributed by atoms with Gasteiger partial charge in [0.15, 0.2) is 0 Å². The van der Waals surface area contributed by atoms with E-state index in [1.807, 2.05) is 6.07 Å². The molecule has 16 heavy (non-hydrogen) atoms. The first-order valence-electron chi connectivity index (χ1n) is 4.91. The Labute approximate surface area is 125 Å². The lowest BCUT2D eigenvalue weighted by atomic mass is 10.2. The van der Waals surface area contributed by atoms with Gasteiger partial charge < -0.3 is 5.32 Å². The summed E-state index contributed by atoms with van der Waals surface area (Å²) < 4.78 is 1.81. The second-order valence-electron chi connectivity index (χ2n) is 3.33. The van der Waals surface area contributed by atoms with Crippen LogP contribution in [0.2, 0.25) is 0 Å². The normalized spacial score (nSPS) is 12.5. The van der Waals surface area contributed by atoms with Crippen molar-refractivity contribution in [1.82, 2.24) is 5.32 Å². The first-order chi connectivity index (χ1) is 7.54. The average Bonchev–Trinajstić information content (AvgIpc) is 2.55. The van der Waals surface area contributed by atoms with Gasteiger partial charge in [-0.1, -0.05) is 29.3 Å². The molecule has 0 aromatic carbocycles. The Hall–Kier alpha value is 0.610. The van der Waals surface area contributed by atoms with Crippen molar-refractivity contribution in [2.24, 2.45) is 0 Å². The first-order valence-corrected chi connectivity index (χ1v) is 8.23. The molecule has 0 aliphatic heterocycles. The Bertz CT molecular complexity index is 367. The summed E-state index contributed by atoms with van der Waals surface area (Å²) in [5.41, 5.74) is 0.688. The lowest BCUT2D eigenvalue weighted by Crippen LogP contribution is -2.29. The summed E-state index contributed by atoms with van der Waals surface area (Å²) in [6.45, 7) is 2.79. The molecule has 0 aliphatic carbocycles. The maximum atomic E-state index is 11.8. The molecule has 2 nitrogen and oxygen atoms in total. The smallest absolute Gasteiger partial charge is 0.253 e.